The van der Waals surface area contributed by atoms with Crippen molar-refractivity contribution in [3.8, 4) is 5.75 Å². The molecule has 0 spiro atoms. The predicted molar refractivity (Wildman–Crippen MR) is 137 cm³/mol. The number of carbonyl (C=O) groups excluding carboxylic acids is 3. The Balaban J connectivity index is 1.87. The van der Waals surface area contributed by atoms with Crippen molar-refractivity contribution in [2.45, 2.75) is 58.2 Å². The highest BCUT2D eigenvalue weighted by atomic mass is 19.2. The number of hydrogen-bond donors (Lipinski definition) is 1. The first-order valence-corrected chi connectivity index (χ1v) is 12.3. The lowest BCUT2D eigenvalue weighted by molar-refractivity contribution is -0.156. The molecule has 0 saturated heterocycles. The van der Waals surface area contributed by atoms with Gasteiger partial charge in [0.1, 0.15) is 24.3 Å². The van der Waals surface area contributed by atoms with Crippen molar-refractivity contribution in [1.29, 1.82) is 0 Å². The van der Waals surface area contributed by atoms with Crippen LogP contribution < -0.4 is 15.6 Å². The van der Waals surface area contributed by atoms with E-state index in [0.29, 0.717) is 10.8 Å². The van der Waals surface area contributed by atoms with Crippen LogP contribution >= 0.6 is 0 Å². The Hall–Kier alpha value is -4.22. The summed E-state index contributed by atoms with van der Waals surface area (Å²) in [6, 6.07) is 5.64. The van der Waals surface area contributed by atoms with Gasteiger partial charge >= 0.3 is 5.97 Å². The van der Waals surface area contributed by atoms with Crippen molar-refractivity contribution < 1.29 is 41.4 Å². The van der Waals surface area contributed by atoms with Crippen LogP contribution in [0.15, 0.2) is 47.4 Å². The molecule has 0 radical (unpaired) electrons. The summed E-state index contributed by atoms with van der Waals surface area (Å²) in [5.41, 5.74) is -1.40. The number of halogens is 4. The van der Waals surface area contributed by atoms with Crippen molar-refractivity contribution in [3.05, 3.63) is 76.2 Å². The average Bonchev–Trinajstić information content (AvgIpc) is 2.87. The molecule has 3 aromatic rings. The van der Waals surface area contributed by atoms with E-state index in [4.69, 9.17) is 9.47 Å². The van der Waals surface area contributed by atoms with Crippen molar-refractivity contribution in [1.82, 2.24) is 9.88 Å². The fourth-order valence-electron chi connectivity index (χ4n) is 3.94. The minimum Gasteiger partial charge on any atom is -0.479 e. The smallest absolute Gasteiger partial charge is 0.308 e. The van der Waals surface area contributed by atoms with Gasteiger partial charge in [0.2, 0.25) is 17.5 Å². The summed E-state index contributed by atoms with van der Waals surface area (Å²) in [5.74, 6) is -11.4. The Morgan fingerprint density at radius 2 is 1.62 bits per heavy atom. The normalized spacial score (nSPS) is 13.0. The van der Waals surface area contributed by atoms with E-state index in [1.165, 1.54) is 10.8 Å². The Bertz CT molecular complexity index is 1470. The summed E-state index contributed by atoms with van der Waals surface area (Å²) in [6.07, 6.45) is 0.847. The molecule has 12 heteroatoms. The lowest BCUT2D eigenvalue weighted by Gasteiger charge is -2.24. The molecule has 3 rings (SSSR count). The van der Waals surface area contributed by atoms with Gasteiger partial charge in [-0.05, 0) is 44.7 Å². The van der Waals surface area contributed by atoms with Crippen LogP contribution in [0.5, 0.6) is 5.75 Å². The molecule has 0 saturated carbocycles. The SMILES string of the molecule is CCC(C(=O)NC(CC(=O)OC(C)(C)C)C(=O)COc1c(F)c(F)cc(F)c1F)n1ccc2ccccc2c1=O. The van der Waals surface area contributed by atoms with Crippen LogP contribution in [0.2, 0.25) is 0 Å². The number of ether oxygens (including phenoxy) is 2. The van der Waals surface area contributed by atoms with Crippen molar-refractivity contribution in [2.75, 3.05) is 6.61 Å². The van der Waals surface area contributed by atoms with E-state index in [1.807, 2.05) is 0 Å². The summed E-state index contributed by atoms with van der Waals surface area (Å²) in [7, 11) is 0. The maximum absolute atomic E-state index is 14.0. The number of fused-ring (bicyclic) bond motifs is 1. The van der Waals surface area contributed by atoms with Gasteiger partial charge in [0.25, 0.3) is 5.56 Å². The maximum atomic E-state index is 14.0. The minimum atomic E-state index is -1.86. The predicted octanol–water partition coefficient (Wildman–Crippen LogP) is 4.37. The molecule has 1 N–H and O–H groups in total. The molecular weight excluding hydrogens is 536 g/mol. The lowest BCUT2D eigenvalue weighted by Crippen LogP contribution is -2.48. The van der Waals surface area contributed by atoms with E-state index in [2.05, 4.69) is 5.32 Å². The second kappa shape index (κ2) is 12.3. The molecule has 0 bridgehead atoms. The fraction of sp³-hybridized carbons (Fsp3) is 0.357. The van der Waals surface area contributed by atoms with Crippen LogP contribution in [0, 0.1) is 23.3 Å². The molecule has 0 aliphatic rings. The monoisotopic (exact) mass is 564 g/mol. The van der Waals surface area contributed by atoms with Gasteiger partial charge in [0.05, 0.1) is 6.42 Å². The third-order valence-electron chi connectivity index (χ3n) is 5.79. The summed E-state index contributed by atoms with van der Waals surface area (Å²) in [5, 5.41) is 3.40. The number of nitrogens with zero attached hydrogens (tertiary/aromatic N) is 1. The Morgan fingerprint density at radius 1 is 1.00 bits per heavy atom. The molecular formula is C28H28F4N2O6. The highest BCUT2D eigenvalue weighted by Crippen LogP contribution is 2.26. The van der Waals surface area contributed by atoms with Crippen molar-refractivity contribution in [2.24, 2.45) is 0 Å². The molecule has 1 heterocycles. The number of esters is 1. The number of benzene rings is 2. The standard InChI is InChI=1S/C28H28F4N2O6/c1-5-20(34-11-10-15-8-6-7-9-16(15)27(34)38)26(37)33-19(13-22(36)40-28(2,3)4)21(35)14-39-25-23(31)17(29)12-18(30)24(25)32/h6-12,19-20H,5,13-14H2,1-4H3,(H,33,37). The topological polar surface area (TPSA) is 104 Å². The lowest BCUT2D eigenvalue weighted by atomic mass is 10.1. The van der Waals surface area contributed by atoms with Gasteiger partial charge in [-0.2, -0.15) is 8.78 Å². The molecule has 1 aromatic heterocycles. The first-order chi connectivity index (χ1) is 18.7. The van der Waals surface area contributed by atoms with Crippen LogP contribution in [0.3, 0.4) is 0 Å². The van der Waals surface area contributed by atoms with Crippen molar-refractivity contribution in [3.63, 3.8) is 0 Å². The molecule has 1 amide bonds. The molecule has 2 unspecified atom stereocenters. The number of Topliss-reactive ketones (excluding diaryl/α,β-unsaturated/α-hetero) is 1. The molecule has 0 aliphatic carbocycles. The quantitative estimate of drug-likeness (QED) is 0.223. The van der Waals surface area contributed by atoms with E-state index < -0.39 is 82.9 Å². The number of hydrogen-bond acceptors (Lipinski definition) is 6. The number of amides is 1. The molecule has 0 fully saturated rings. The largest absolute Gasteiger partial charge is 0.479 e. The first-order valence-electron chi connectivity index (χ1n) is 12.3. The molecule has 8 nitrogen and oxygen atoms in total. The Kier molecular flexibility index (Phi) is 9.33. The second-order valence-electron chi connectivity index (χ2n) is 9.94. The zero-order valence-electron chi connectivity index (χ0n) is 22.2. The third-order valence-corrected chi connectivity index (χ3v) is 5.79. The first kappa shape index (κ1) is 30.3. The summed E-state index contributed by atoms with van der Waals surface area (Å²) < 4.78 is 66.2. The number of aromatic nitrogens is 1. The number of ketones is 1. The zero-order chi connectivity index (χ0) is 29.8. The molecule has 2 aromatic carbocycles. The van der Waals surface area contributed by atoms with Crippen LogP contribution in [0.1, 0.15) is 46.6 Å². The highest BCUT2D eigenvalue weighted by molar-refractivity contribution is 5.94. The van der Waals surface area contributed by atoms with Crippen LogP contribution in [-0.2, 0) is 19.1 Å². The van der Waals surface area contributed by atoms with Gasteiger partial charge in [-0.15, -0.1) is 0 Å². The van der Waals surface area contributed by atoms with Gasteiger partial charge in [-0.25, -0.2) is 8.78 Å². The number of rotatable bonds is 10. The van der Waals surface area contributed by atoms with Crippen LogP contribution in [-0.4, -0.2) is 40.5 Å². The highest BCUT2D eigenvalue weighted by Gasteiger charge is 2.31. The maximum Gasteiger partial charge on any atom is 0.308 e. The van der Waals surface area contributed by atoms with Crippen molar-refractivity contribution >= 4 is 28.4 Å². The Morgan fingerprint density at radius 3 is 2.23 bits per heavy atom. The average molecular weight is 565 g/mol. The van der Waals surface area contributed by atoms with E-state index in [1.54, 1.807) is 58.0 Å². The Labute approximate surface area is 226 Å². The fourth-order valence-corrected chi connectivity index (χ4v) is 3.94. The van der Waals surface area contributed by atoms with Gasteiger partial charge in [0, 0.05) is 17.6 Å². The van der Waals surface area contributed by atoms with Gasteiger partial charge < -0.3 is 19.4 Å². The van der Waals surface area contributed by atoms with E-state index >= 15 is 0 Å². The van der Waals surface area contributed by atoms with Gasteiger partial charge in [-0.3, -0.25) is 19.2 Å². The number of nitrogens with one attached hydrogen (secondary N) is 1. The second-order valence-corrected chi connectivity index (χ2v) is 9.94. The zero-order valence-corrected chi connectivity index (χ0v) is 22.2. The van der Waals surface area contributed by atoms with E-state index in [0.717, 1.165) is 0 Å². The number of pyridine rings is 1. The molecule has 0 aliphatic heterocycles. The van der Waals surface area contributed by atoms with Crippen LogP contribution in [0.25, 0.3) is 10.8 Å². The van der Waals surface area contributed by atoms with E-state index in [-0.39, 0.29) is 12.5 Å². The van der Waals surface area contributed by atoms with Crippen LogP contribution in [0.4, 0.5) is 17.6 Å². The summed E-state index contributed by atoms with van der Waals surface area (Å²) in [4.78, 5) is 51.8. The minimum absolute atomic E-state index is 0.0233. The molecule has 2 atom stereocenters. The number of carbonyl (C=O) groups is 3. The van der Waals surface area contributed by atoms with E-state index in [9.17, 15) is 36.7 Å². The third kappa shape index (κ3) is 7.04. The molecule has 40 heavy (non-hydrogen) atoms. The van der Waals surface area contributed by atoms with Gasteiger partial charge in [-0.1, -0.05) is 25.1 Å². The summed E-state index contributed by atoms with van der Waals surface area (Å²) in [6.45, 7) is 5.20. The van der Waals surface area contributed by atoms with Gasteiger partial charge in [0.15, 0.2) is 23.2 Å². The summed E-state index contributed by atoms with van der Waals surface area (Å²) >= 11 is 0. The molecule has 214 valence electrons.